The molecule has 186 valence electrons. The van der Waals surface area contributed by atoms with E-state index in [1.165, 1.54) is 47.7 Å². The van der Waals surface area contributed by atoms with Crippen molar-refractivity contribution in [3.8, 4) is 6.07 Å². The van der Waals surface area contributed by atoms with Crippen LogP contribution in [0.1, 0.15) is 70.6 Å². The molecule has 1 fully saturated rings. The zero-order valence-electron chi connectivity index (χ0n) is 21.3. The van der Waals surface area contributed by atoms with Crippen LogP contribution in [0.4, 0.5) is 0 Å². The summed E-state index contributed by atoms with van der Waals surface area (Å²) in [5.74, 6) is 0.107. The van der Waals surface area contributed by atoms with Gasteiger partial charge in [-0.1, -0.05) is 130 Å². The van der Waals surface area contributed by atoms with E-state index in [2.05, 4.69) is 97.1 Å². The predicted octanol–water partition coefficient (Wildman–Crippen LogP) is 6.47. The molecule has 1 unspecified atom stereocenters. The Morgan fingerprint density at radius 3 is 1.58 bits per heavy atom. The lowest BCUT2D eigenvalue weighted by atomic mass is 9.95. The topological polar surface area (TPSA) is 45.4 Å². The Bertz CT molecular complexity index is 1010. The first kappa shape index (κ1) is 25.9. The van der Waals surface area contributed by atoms with Crippen molar-refractivity contribution < 1.29 is 4.53 Å². The molecule has 0 N–H and O–H groups in total. The number of hydrogen-bond acceptors (Lipinski definition) is 3. The van der Waals surface area contributed by atoms with Crippen molar-refractivity contribution in [2.45, 2.75) is 70.6 Å². The van der Waals surface area contributed by atoms with Crippen molar-refractivity contribution in [1.82, 2.24) is 0 Å². The van der Waals surface area contributed by atoms with Gasteiger partial charge in [0.2, 0.25) is 0 Å². The highest BCUT2D eigenvalue weighted by molar-refractivity contribution is 7.07. The molecular formula is C32H38N2OSi. The Morgan fingerprint density at radius 1 is 0.611 bits per heavy atom. The molecule has 1 atom stereocenters. The van der Waals surface area contributed by atoms with Gasteiger partial charge in [0.15, 0.2) is 0 Å². The Kier molecular flexibility index (Phi) is 9.93. The first-order chi connectivity index (χ1) is 17.8. The van der Waals surface area contributed by atoms with Gasteiger partial charge in [-0.15, -0.1) is 5.16 Å². The highest BCUT2D eigenvalue weighted by Crippen LogP contribution is 2.20. The quantitative estimate of drug-likeness (QED) is 0.232. The highest BCUT2D eigenvalue weighted by atomic mass is 28.4. The number of hydrogen-bond donors (Lipinski definition) is 0. The third kappa shape index (κ3) is 6.74. The zero-order valence-corrected chi connectivity index (χ0v) is 22.3. The van der Waals surface area contributed by atoms with Gasteiger partial charge >= 0.3 is 8.32 Å². The molecule has 1 aliphatic carbocycles. The molecule has 1 aliphatic rings. The highest BCUT2D eigenvalue weighted by Gasteiger charge is 2.45. The Hall–Kier alpha value is -3.16. The number of nitriles is 1. The van der Waals surface area contributed by atoms with Gasteiger partial charge in [0.1, 0.15) is 0 Å². The number of oxime groups is 1. The van der Waals surface area contributed by atoms with Crippen molar-refractivity contribution in [3.63, 3.8) is 0 Å². The van der Waals surface area contributed by atoms with Crippen molar-refractivity contribution >= 4 is 29.6 Å². The molecule has 0 aliphatic heterocycles. The van der Waals surface area contributed by atoms with E-state index in [1.54, 1.807) is 0 Å². The lowest BCUT2D eigenvalue weighted by Crippen LogP contribution is -2.68. The van der Waals surface area contributed by atoms with Crippen LogP contribution in [0.2, 0.25) is 0 Å². The van der Waals surface area contributed by atoms with Crippen LogP contribution < -0.4 is 15.6 Å². The fraction of sp³-hybridized carbons (Fsp3) is 0.375. The van der Waals surface area contributed by atoms with Gasteiger partial charge in [0, 0.05) is 5.92 Å². The van der Waals surface area contributed by atoms with E-state index < -0.39 is 8.32 Å². The van der Waals surface area contributed by atoms with Crippen LogP contribution in [0.25, 0.3) is 0 Å². The first-order valence-corrected chi connectivity index (χ1v) is 15.5. The summed E-state index contributed by atoms with van der Waals surface area (Å²) in [5, 5.41) is 18.3. The summed E-state index contributed by atoms with van der Waals surface area (Å²) in [6, 6.07) is 34.4. The predicted molar refractivity (Wildman–Crippen MR) is 152 cm³/mol. The smallest absolute Gasteiger partial charge is 0.380 e. The minimum Gasteiger partial charge on any atom is -0.438 e. The maximum Gasteiger partial charge on any atom is 0.380 e. The second-order valence-electron chi connectivity index (χ2n) is 9.91. The molecular weight excluding hydrogens is 456 g/mol. The molecule has 0 bridgehead atoms. The van der Waals surface area contributed by atoms with E-state index in [0.717, 1.165) is 44.2 Å². The third-order valence-electron chi connectivity index (χ3n) is 7.33. The molecule has 0 amide bonds. The average molecular weight is 495 g/mol. The van der Waals surface area contributed by atoms with Crippen LogP contribution in [0.15, 0.2) is 96.2 Å². The van der Waals surface area contributed by atoms with Crippen LogP contribution in [-0.4, -0.2) is 14.0 Å². The SMILES string of the molecule is N#CC1CCCCCCCCCC(=NO[Si](c2ccccc2)(c2ccccc2)c2ccccc2)CC1. The van der Waals surface area contributed by atoms with E-state index >= 15 is 0 Å². The summed E-state index contributed by atoms with van der Waals surface area (Å²) >= 11 is 0. The minimum absolute atomic E-state index is 0.107. The van der Waals surface area contributed by atoms with Crippen LogP contribution in [0.5, 0.6) is 0 Å². The average Bonchev–Trinajstić information content (AvgIpc) is 2.97. The molecule has 0 saturated heterocycles. The summed E-state index contributed by atoms with van der Waals surface area (Å²) in [7, 11) is -2.86. The monoisotopic (exact) mass is 494 g/mol. The molecule has 3 aromatic carbocycles. The largest absolute Gasteiger partial charge is 0.438 e. The van der Waals surface area contributed by atoms with E-state index in [9.17, 15) is 5.26 Å². The van der Waals surface area contributed by atoms with Crippen LogP contribution in [-0.2, 0) is 4.53 Å². The molecule has 0 aromatic heterocycles. The molecule has 4 heteroatoms. The Morgan fingerprint density at radius 2 is 1.08 bits per heavy atom. The summed E-state index contributed by atoms with van der Waals surface area (Å²) < 4.78 is 6.89. The van der Waals surface area contributed by atoms with Crippen LogP contribution in [0.3, 0.4) is 0 Å². The molecule has 4 rings (SSSR count). The van der Waals surface area contributed by atoms with Crippen molar-refractivity contribution in [2.24, 2.45) is 11.1 Å². The maximum absolute atomic E-state index is 9.73. The fourth-order valence-electron chi connectivity index (χ4n) is 5.24. The maximum atomic E-state index is 9.73. The van der Waals surface area contributed by atoms with E-state index in [4.69, 9.17) is 9.68 Å². The molecule has 1 saturated carbocycles. The van der Waals surface area contributed by atoms with Gasteiger partial charge in [-0.25, -0.2) is 0 Å². The summed E-state index contributed by atoms with van der Waals surface area (Å²) in [4.78, 5) is 0. The molecule has 36 heavy (non-hydrogen) atoms. The van der Waals surface area contributed by atoms with Gasteiger partial charge in [-0.05, 0) is 47.7 Å². The lowest BCUT2D eigenvalue weighted by molar-refractivity contribution is 0.344. The molecule has 0 spiro atoms. The third-order valence-corrected chi connectivity index (χ3v) is 11.1. The van der Waals surface area contributed by atoms with Gasteiger partial charge in [0.05, 0.1) is 11.8 Å². The Balaban J connectivity index is 1.72. The van der Waals surface area contributed by atoms with Gasteiger partial charge < -0.3 is 4.53 Å². The second kappa shape index (κ2) is 13.8. The first-order valence-electron chi connectivity index (χ1n) is 13.6. The minimum atomic E-state index is -2.86. The van der Waals surface area contributed by atoms with Crippen molar-refractivity contribution in [3.05, 3.63) is 91.0 Å². The zero-order chi connectivity index (χ0) is 24.9. The lowest BCUT2D eigenvalue weighted by Gasteiger charge is -2.30. The molecule has 0 radical (unpaired) electrons. The van der Waals surface area contributed by atoms with Gasteiger partial charge in [-0.2, -0.15) is 5.26 Å². The normalized spacial score (nSPS) is 19.3. The van der Waals surface area contributed by atoms with Gasteiger partial charge in [0.25, 0.3) is 0 Å². The number of nitrogens with zero attached hydrogens (tertiary/aromatic N) is 2. The molecule has 3 nitrogen and oxygen atoms in total. The van der Waals surface area contributed by atoms with Gasteiger partial charge in [-0.3, -0.25) is 0 Å². The van der Waals surface area contributed by atoms with E-state index in [0.29, 0.717) is 0 Å². The number of rotatable bonds is 5. The summed E-state index contributed by atoms with van der Waals surface area (Å²) in [6.45, 7) is 0. The summed E-state index contributed by atoms with van der Waals surface area (Å²) in [6.07, 6.45) is 12.3. The number of benzene rings is 3. The van der Waals surface area contributed by atoms with E-state index in [-0.39, 0.29) is 5.92 Å². The Labute approximate surface area is 218 Å². The molecule has 3 aromatic rings. The standard InChI is InChI=1S/C32H38N2OSi/c33-27-28-17-9-4-2-1-3-5-10-18-29(26-25-28)34-35-36(30-19-11-6-12-20-30,31-21-13-7-14-22-31)32-23-15-8-16-24-32/h6-8,11-16,19-24,28H,1-5,9-10,17-18,25-26H2. The van der Waals surface area contributed by atoms with Crippen LogP contribution >= 0.6 is 0 Å². The second-order valence-corrected chi connectivity index (χ2v) is 13.2. The van der Waals surface area contributed by atoms with E-state index in [1.807, 2.05) is 0 Å². The van der Waals surface area contributed by atoms with Crippen molar-refractivity contribution in [1.29, 1.82) is 5.26 Å². The van der Waals surface area contributed by atoms with Crippen molar-refractivity contribution in [2.75, 3.05) is 0 Å². The molecule has 0 heterocycles. The summed E-state index contributed by atoms with van der Waals surface area (Å²) in [5.41, 5.74) is 1.11. The fourth-order valence-corrected chi connectivity index (χ4v) is 8.81. The van der Waals surface area contributed by atoms with Crippen LogP contribution in [0, 0.1) is 17.2 Å².